The van der Waals surface area contributed by atoms with Crippen LogP contribution in [-0.2, 0) is 14.4 Å². The van der Waals surface area contributed by atoms with E-state index in [9.17, 15) is 19.6 Å². The first-order valence-electron chi connectivity index (χ1n) is 10.8. The lowest BCUT2D eigenvalue weighted by molar-refractivity contribution is -0.134. The predicted molar refractivity (Wildman–Crippen MR) is 105 cm³/mol. The number of nitrogens with one attached hydrogen (secondary N) is 3. The van der Waals surface area contributed by atoms with Crippen molar-refractivity contribution in [2.24, 2.45) is 11.8 Å². The summed E-state index contributed by atoms with van der Waals surface area (Å²) in [5, 5.41) is 18.4. The Morgan fingerprint density at radius 3 is 2.72 bits per heavy atom. The van der Waals surface area contributed by atoms with E-state index in [0.29, 0.717) is 44.0 Å². The van der Waals surface area contributed by atoms with E-state index in [-0.39, 0.29) is 23.6 Å². The van der Waals surface area contributed by atoms with Crippen LogP contribution in [0.1, 0.15) is 51.4 Å². The zero-order valence-corrected chi connectivity index (χ0v) is 16.7. The van der Waals surface area contributed by atoms with E-state index in [1.165, 1.54) is 0 Å². The molecule has 3 saturated heterocycles. The Bertz CT molecular complexity index is 761. The SMILES string of the molecule is N#C[C@H](C[C@@H]1CCNC1=O)NC(=O)/C(=C\C1CC1)N1CC[C@]2(CCCCN2)C1=O. The molecular formula is C21H29N5O3. The van der Waals surface area contributed by atoms with Gasteiger partial charge in [0.1, 0.15) is 17.3 Å². The summed E-state index contributed by atoms with van der Waals surface area (Å²) in [4.78, 5) is 39.8. The van der Waals surface area contributed by atoms with Gasteiger partial charge in [-0.15, -0.1) is 0 Å². The first-order chi connectivity index (χ1) is 14.0. The van der Waals surface area contributed by atoms with Crippen molar-refractivity contribution < 1.29 is 14.4 Å². The molecule has 0 bridgehead atoms. The van der Waals surface area contributed by atoms with E-state index in [0.717, 1.165) is 38.6 Å². The van der Waals surface area contributed by atoms with Crippen LogP contribution in [0.5, 0.6) is 0 Å². The molecule has 3 heterocycles. The van der Waals surface area contributed by atoms with E-state index in [2.05, 4.69) is 22.0 Å². The van der Waals surface area contributed by atoms with Gasteiger partial charge < -0.3 is 20.9 Å². The lowest BCUT2D eigenvalue weighted by Crippen LogP contribution is -2.54. The predicted octanol–water partition coefficient (Wildman–Crippen LogP) is 0.559. The van der Waals surface area contributed by atoms with Crippen molar-refractivity contribution in [3.8, 4) is 6.07 Å². The number of piperidine rings is 1. The summed E-state index contributed by atoms with van der Waals surface area (Å²) >= 11 is 0. The molecule has 3 amide bonds. The van der Waals surface area contributed by atoms with Gasteiger partial charge in [0.15, 0.2) is 0 Å². The molecule has 4 fully saturated rings. The quantitative estimate of drug-likeness (QED) is 0.565. The van der Waals surface area contributed by atoms with Crippen molar-refractivity contribution in [2.45, 2.75) is 62.9 Å². The van der Waals surface area contributed by atoms with Gasteiger partial charge >= 0.3 is 0 Å². The lowest BCUT2D eigenvalue weighted by atomic mass is 9.87. The van der Waals surface area contributed by atoms with Crippen molar-refractivity contribution in [3.05, 3.63) is 11.8 Å². The topological polar surface area (TPSA) is 114 Å². The second-order valence-corrected chi connectivity index (χ2v) is 8.73. The van der Waals surface area contributed by atoms with Crippen molar-refractivity contribution in [2.75, 3.05) is 19.6 Å². The summed E-state index contributed by atoms with van der Waals surface area (Å²) in [7, 11) is 0. The number of amides is 3. The number of carbonyl (C=O) groups excluding carboxylic acids is 3. The number of hydrogen-bond acceptors (Lipinski definition) is 5. The Hall–Kier alpha value is -2.40. The van der Waals surface area contributed by atoms with Gasteiger partial charge in [0.25, 0.3) is 5.91 Å². The van der Waals surface area contributed by atoms with E-state index in [1.54, 1.807) is 4.90 Å². The molecule has 0 unspecified atom stereocenters. The van der Waals surface area contributed by atoms with E-state index >= 15 is 0 Å². The summed E-state index contributed by atoms with van der Waals surface area (Å²) < 4.78 is 0. The molecule has 4 rings (SSSR count). The van der Waals surface area contributed by atoms with Gasteiger partial charge in [-0.2, -0.15) is 5.26 Å². The first-order valence-corrected chi connectivity index (χ1v) is 10.8. The van der Waals surface area contributed by atoms with Crippen molar-refractivity contribution in [3.63, 3.8) is 0 Å². The Balaban J connectivity index is 1.47. The molecule has 0 aromatic heterocycles. The second-order valence-electron chi connectivity index (χ2n) is 8.73. The van der Waals surface area contributed by atoms with Crippen LogP contribution in [0.4, 0.5) is 0 Å². The molecule has 0 aromatic carbocycles. The molecule has 1 saturated carbocycles. The van der Waals surface area contributed by atoms with Gasteiger partial charge in [-0.05, 0) is 63.8 Å². The Kier molecular flexibility index (Phi) is 5.59. The van der Waals surface area contributed by atoms with Crippen LogP contribution < -0.4 is 16.0 Å². The van der Waals surface area contributed by atoms with Crippen LogP contribution in [-0.4, -0.2) is 53.8 Å². The maximum atomic E-state index is 13.2. The summed E-state index contributed by atoms with van der Waals surface area (Å²) in [6.07, 6.45) is 8.49. The molecule has 156 valence electrons. The van der Waals surface area contributed by atoms with E-state index in [1.807, 2.05) is 6.08 Å². The van der Waals surface area contributed by atoms with Crippen molar-refractivity contribution >= 4 is 17.7 Å². The number of nitriles is 1. The van der Waals surface area contributed by atoms with Crippen LogP contribution in [0.2, 0.25) is 0 Å². The third kappa shape index (κ3) is 4.15. The fourth-order valence-electron chi connectivity index (χ4n) is 4.67. The minimum Gasteiger partial charge on any atom is -0.356 e. The van der Waals surface area contributed by atoms with Crippen LogP contribution in [0, 0.1) is 23.2 Å². The van der Waals surface area contributed by atoms with Crippen LogP contribution in [0.25, 0.3) is 0 Å². The van der Waals surface area contributed by atoms with E-state index in [4.69, 9.17) is 0 Å². The normalized spacial score (nSPS) is 30.9. The van der Waals surface area contributed by atoms with Crippen molar-refractivity contribution in [1.29, 1.82) is 5.26 Å². The van der Waals surface area contributed by atoms with Gasteiger partial charge in [0.05, 0.1) is 6.07 Å². The largest absolute Gasteiger partial charge is 0.356 e. The van der Waals surface area contributed by atoms with E-state index < -0.39 is 11.6 Å². The third-order valence-electron chi connectivity index (χ3n) is 6.59. The van der Waals surface area contributed by atoms with Crippen LogP contribution >= 0.6 is 0 Å². The molecule has 0 radical (unpaired) electrons. The second kappa shape index (κ2) is 8.15. The Morgan fingerprint density at radius 2 is 2.10 bits per heavy atom. The number of allylic oxidation sites excluding steroid dienone is 1. The van der Waals surface area contributed by atoms with Crippen molar-refractivity contribution in [1.82, 2.24) is 20.9 Å². The van der Waals surface area contributed by atoms with Gasteiger partial charge in [0.2, 0.25) is 11.8 Å². The molecular weight excluding hydrogens is 370 g/mol. The highest BCUT2D eigenvalue weighted by atomic mass is 16.2. The highest BCUT2D eigenvalue weighted by Crippen LogP contribution is 2.36. The molecule has 0 aromatic rings. The monoisotopic (exact) mass is 399 g/mol. The Morgan fingerprint density at radius 1 is 1.28 bits per heavy atom. The van der Waals surface area contributed by atoms with Crippen LogP contribution in [0.15, 0.2) is 11.8 Å². The minimum atomic E-state index is -0.751. The molecule has 1 aliphatic carbocycles. The number of carbonyl (C=O) groups is 3. The standard InChI is InChI=1S/C21H29N5O3/c22-13-16(12-15-5-9-23-18(15)27)25-19(28)17(11-14-3-4-14)26-10-7-21(20(26)29)6-1-2-8-24-21/h11,14-16,24H,1-10,12H2,(H,23,27)(H,25,28)/b17-11+/t15-,16-,21+/m0/s1. The smallest absolute Gasteiger partial charge is 0.268 e. The summed E-state index contributed by atoms with van der Waals surface area (Å²) in [5.41, 5.74) is -0.171. The van der Waals surface area contributed by atoms with Gasteiger partial charge in [-0.3, -0.25) is 14.4 Å². The molecule has 29 heavy (non-hydrogen) atoms. The molecule has 8 nitrogen and oxygen atoms in total. The third-order valence-corrected chi connectivity index (χ3v) is 6.59. The zero-order valence-electron chi connectivity index (χ0n) is 16.7. The average molecular weight is 399 g/mol. The summed E-state index contributed by atoms with van der Waals surface area (Å²) in [5.74, 6) is -0.404. The maximum absolute atomic E-state index is 13.2. The molecule has 4 aliphatic rings. The number of rotatable bonds is 6. The molecule has 3 N–H and O–H groups in total. The first kappa shape index (κ1) is 19.9. The summed E-state index contributed by atoms with van der Waals surface area (Å²) in [6.45, 7) is 1.95. The highest BCUT2D eigenvalue weighted by Gasteiger charge is 2.49. The van der Waals surface area contributed by atoms with Gasteiger partial charge in [-0.25, -0.2) is 0 Å². The minimum absolute atomic E-state index is 0.0251. The number of likely N-dealkylation sites (tertiary alicyclic amines) is 1. The molecule has 3 aliphatic heterocycles. The zero-order chi connectivity index (χ0) is 20.4. The fraction of sp³-hybridized carbons (Fsp3) is 0.714. The van der Waals surface area contributed by atoms with Gasteiger partial charge in [-0.1, -0.05) is 6.08 Å². The molecule has 3 atom stereocenters. The Labute approximate surface area is 171 Å². The lowest BCUT2D eigenvalue weighted by Gasteiger charge is -2.33. The maximum Gasteiger partial charge on any atom is 0.268 e. The van der Waals surface area contributed by atoms with Gasteiger partial charge in [0, 0.05) is 19.0 Å². The summed E-state index contributed by atoms with van der Waals surface area (Å²) in [6, 6.07) is 1.36. The molecule has 8 heteroatoms. The van der Waals surface area contributed by atoms with Crippen LogP contribution in [0.3, 0.4) is 0 Å². The highest BCUT2D eigenvalue weighted by molar-refractivity contribution is 6.01. The average Bonchev–Trinajstić information content (AvgIpc) is 3.40. The molecule has 1 spiro atoms. The number of nitrogens with zero attached hydrogens (tertiary/aromatic N) is 2. The number of hydrogen-bond donors (Lipinski definition) is 3. The fourth-order valence-corrected chi connectivity index (χ4v) is 4.67.